The minimum absolute atomic E-state index is 0.134. The number of carbonyl (C=O) groups is 4. The second kappa shape index (κ2) is 17.2. The second-order valence-electron chi connectivity index (χ2n) is 16.9. The van der Waals surface area contributed by atoms with E-state index < -0.39 is 44.5 Å². The van der Waals surface area contributed by atoms with Crippen molar-refractivity contribution in [2.24, 2.45) is 5.92 Å². The van der Waals surface area contributed by atoms with Crippen LogP contribution in [0.4, 0.5) is 34.1 Å². The maximum Gasteiger partial charge on any atom is 0.335 e. The van der Waals surface area contributed by atoms with Gasteiger partial charge in [0.1, 0.15) is 11.2 Å². The number of rotatable bonds is 17. The number of carbonyl (C=O) groups excluding carboxylic acids is 2. The first-order chi connectivity index (χ1) is 29.8. The van der Waals surface area contributed by atoms with Crippen LogP contribution < -0.4 is 20.9 Å². The van der Waals surface area contributed by atoms with Gasteiger partial charge in [-0.25, -0.2) is 9.59 Å². The van der Waals surface area contributed by atoms with E-state index in [4.69, 9.17) is 9.26 Å². The molecule has 1 aliphatic heterocycles. The van der Waals surface area contributed by atoms with Crippen LogP contribution in [0.15, 0.2) is 71.3 Å². The lowest BCUT2D eigenvalue weighted by molar-refractivity contribution is -0.393. The molecular formula is C44H45N7O12. The lowest BCUT2D eigenvalue weighted by Crippen LogP contribution is -2.44. The first kappa shape index (κ1) is 43.7. The van der Waals surface area contributed by atoms with E-state index in [-0.39, 0.29) is 57.7 Å². The minimum atomic E-state index is -1.33. The second-order valence-corrected chi connectivity index (χ2v) is 16.9. The maximum absolute atomic E-state index is 14.2. The number of carboxylic acids is 2. The summed E-state index contributed by atoms with van der Waals surface area (Å²) in [4.78, 5) is 75.2. The van der Waals surface area contributed by atoms with Crippen LogP contribution in [-0.4, -0.2) is 86.2 Å². The summed E-state index contributed by atoms with van der Waals surface area (Å²) in [6.07, 6.45) is 2.17. The van der Waals surface area contributed by atoms with Crippen LogP contribution in [0.5, 0.6) is 0 Å². The van der Waals surface area contributed by atoms with Crippen molar-refractivity contribution in [2.45, 2.75) is 64.5 Å². The van der Waals surface area contributed by atoms with Crippen molar-refractivity contribution >= 4 is 68.7 Å². The number of amides is 1. The highest BCUT2D eigenvalue weighted by Gasteiger charge is 2.36. The Labute approximate surface area is 359 Å². The van der Waals surface area contributed by atoms with Gasteiger partial charge in [-0.1, -0.05) is 29.4 Å². The summed E-state index contributed by atoms with van der Waals surface area (Å²) < 4.78 is 12.1. The molecule has 1 aromatic heterocycles. The van der Waals surface area contributed by atoms with Crippen LogP contribution in [0.2, 0.25) is 0 Å². The smallest absolute Gasteiger partial charge is 0.335 e. The molecule has 2 aliphatic rings. The number of anilines is 4. The number of nitrogens with zero attached hydrogens (tertiary/aromatic N) is 4. The molecule has 0 bridgehead atoms. The topological polar surface area (TPSA) is 270 Å². The Morgan fingerprint density at radius 1 is 0.921 bits per heavy atom. The van der Waals surface area contributed by atoms with Crippen molar-refractivity contribution in [3.8, 4) is 11.3 Å². The molecule has 0 saturated carbocycles. The van der Waals surface area contributed by atoms with E-state index in [1.165, 1.54) is 24.3 Å². The summed E-state index contributed by atoms with van der Waals surface area (Å²) in [7, 11) is 0. The van der Waals surface area contributed by atoms with Crippen LogP contribution in [0.25, 0.3) is 22.2 Å². The fourth-order valence-electron chi connectivity index (χ4n) is 8.00. The van der Waals surface area contributed by atoms with Crippen molar-refractivity contribution in [3.05, 3.63) is 109 Å². The highest BCUT2D eigenvalue weighted by atomic mass is 16.6. The molecule has 328 valence electrons. The third kappa shape index (κ3) is 9.27. The Hall–Kier alpha value is -7.41. The van der Waals surface area contributed by atoms with Crippen molar-refractivity contribution < 1.29 is 48.5 Å². The van der Waals surface area contributed by atoms with Crippen LogP contribution in [0.1, 0.15) is 90.0 Å². The van der Waals surface area contributed by atoms with Crippen molar-refractivity contribution in [2.75, 3.05) is 41.8 Å². The van der Waals surface area contributed by atoms with E-state index in [0.717, 1.165) is 12.1 Å². The largest absolute Gasteiger partial charge is 0.478 e. The molecule has 1 saturated heterocycles. The van der Waals surface area contributed by atoms with Gasteiger partial charge >= 0.3 is 11.9 Å². The molecule has 63 heavy (non-hydrogen) atoms. The van der Waals surface area contributed by atoms with E-state index in [9.17, 15) is 49.6 Å². The lowest BCUT2D eigenvalue weighted by atomic mass is 9.86. The molecule has 0 unspecified atom stereocenters. The normalized spacial score (nSPS) is 14.8. The maximum atomic E-state index is 14.2. The SMILES string of the molecule is CC(C)(CCOC(C)(C)CCNC(=O)[C@H]1CCCN(c2cc(Nc3cc(C(=O)O)cc(C(=O)O)c3)c3c4c(onc24)-c2ccccc2C3=O)C1)Nc1ccc([N+](=O)[O-])cc1[N+](=O)[O-]. The molecule has 19 heteroatoms. The van der Waals surface area contributed by atoms with Gasteiger partial charge in [-0.05, 0) is 83.7 Å². The molecule has 1 fully saturated rings. The van der Waals surface area contributed by atoms with E-state index in [1.54, 1.807) is 30.3 Å². The molecule has 0 spiro atoms. The number of ether oxygens (including phenoxy) is 1. The van der Waals surface area contributed by atoms with Gasteiger partial charge in [0.25, 0.3) is 11.4 Å². The Kier molecular flexibility index (Phi) is 11.9. The monoisotopic (exact) mass is 863 g/mol. The number of nitro benzene ring substituents is 2. The number of piperidine rings is 1. The fourth-order valence-corrected chi connectivity index (χ4v) is 8.00. The number of aromatic nitrogens is 1. The predicted molar refractivity (Wildman–Crippen MR) is 231 cm³/mol. The Bertz CT molecular complexity index is 2660. The summed E-state index contributed by atoms with van der Waals surface area (Å²) in [5.74, 6) is -3.19. The summed E-state index contributed by atoms with van der Waals surface area (Å²) >= 11 is 0. The van der Waals surface area contributed by atoms with Crippen LogP contribution >= 0.6 is 0 Å². The van der Waals surface area contributed by atoms with Crippen molar-refractivity contribution in [3.63, 3.8) is 0 Å². The van der Waals surface area contributed by atoms with Gasteiger partial charge in [-0.3, -0.25) is 29.8 Å². The first-order valence-electron chi connectivity index (χ1n) is 20.2. The molecule has 5 N–H and O–H groups in total. The average molecular weight is 864 g/mol. The molecule has 1 amide bonds. The van der Waals surface area contributed by atoms with Gasteiger partial charge in [0, 0.05) is 54.7 Å². The molecule has 7 rings (SSSR count). The molecule has 2 heterocycles. The van der Waals surface area contributed by atoms with Gasteiger partial charge in [0.15, 0.2) is 11.5 Å². The highest BCUT2D eigenvalue weighted by molar-refractivity contribution is 6.29. The predicted octanol–water partition coefficient (Wildman–Crippen LogP) is 7.79. The van der Waals surface area contributed by atoms with E-state index in [1.807, 2.05) is 32.6 Å². The molecule has 0 radical (unpaired) electrons. The number of fused-ring (bicyclic) bond motifs is 2. The number of nitrogens with one attached hydrogen (secondary N) is 3. The molecule has 1 aliphatic carbocycles. The summed E-state index contributed by atoms with van der Waals surface area (Å²) in [6, 6.07) is 15.7. The third-order valence-corrected chi connectivity index (χ3v) is 11.3. The number of hydrogen-bond donors (Lipinski definition) is 5. The van der Waals surface area contributed by atoms with E-state index >= 15 is 0 Å². The first-order valence-corrected chi connectivity index (χ1v) is 20.2. The summed E-state index contributed by atoms with van der Waals surface area (Å²) in [5, 5.41) is 56.4. The molecule has 5 aromatic rings. The third-order valence-electron chi connectivity index (χ3n) is 11.3. The van der Waals surface area contributed by atoms with Gasteiger partial charge in [0.05, 0.1) is 60.9 Å². The minimum Gasteiger partial charge on any atom is -0.478 e. The summed E-state index contributed by atoms with van der Waals surface area (Å²) in [5.41, 5.74) is 0.0504. The molecule has 1 atom stereocenters. The van der Waals surface area contributed by atoms with Gasteiger partial charge in [-0.2, -0.15) is 0 Å². The van der Waals surface area contributed by atoms with Gasteiger partial charge < -0.3 is 40.3 Å². The highest BCUT2D eigenvalue weighted by Crippen LogP contribution is 2.47. The number of ketones is 1. The Morgan fingerprint density at radius 3 is 2.29 bits per heavy atom. The number of non-ortho nitro benzene ring substituents is 1. The standard InChI is InChI=1S/C44H45N7O12/c1-43(2,47-31-12-11-28(50(58)59)21-33(31)51(60)61)14-17-62-44(3,4)13-15-45-40(53)24-8-7-16-49(23-24)34-22-32(46-27-19-25(41(54)55)18-26(20-27)42(56)57)35-36-37(34)48-63-39(36)30-10-6-5-9-29(30)38(35)52/h5-6,9-12,18-22,24,46-47H,7-8,13-17,23H2,1-4H3,(H,45,53)(H,54,55)(H,56,57)/t24-/m0/s1. The van der Waals surface area contributed by atoms with Crippen LogP contribution in [-0.2, 0) is 9.53 Å². The van der Waals surface area contributed by atoms with E-state index in [0.29, 0.717) is 78.8 Å². The number of hydrogen-bond acceptors (Lipinski definition) is 14. The molecular weight excluding hydrogens is 819 g/mol. The van der Waals surface area contributed by atoms with Gasteiger partial charge in [-0.15, -0.1) is 0 Å². The zero-order valence-corrected chi connectivity index (χ0v) is 34.9. The number of benzene rings is 4. The molecule has 19 nitrogen and oxygen atoms in total. The fraction of sp³-hybridized carbons (Fsp3) is 0.341. The number of aromatic carboxylic acids is 2. The van der Waals surface area contributed by atoms with Crippen molar-refractivity contribution in [1.29, 1.82) is 0 Å². The molecule has 4 aromatic carbocycles. The van der Waals surface area contributed by atoms with E-state index in [2.05, 4.69) is 21.1 Å². The number of carboxylic acid groups (broad SMARTS) is 2. The van der Waals surface area contributed by atoms with Crippen molar-refractivity contribution in [1.82, 2.24) is 10.5 Å². The van der Waals surface area contributed by atoms with Crippen LogP contribution in [0, 0.1) is 26.1 Å². The summed E-state index contributed by atoms with van der Waals surface area (Å²) in [6.45, 7) is 8.91. The Morgan fingerprint density at radius 2 is 1.62 bits per heavy atom. The van der Waals surface area contributed by atoms with Crippen LogP contribution in [0.3, 0.4) is 0 Å². The quantitative estimate of drug-likeness (QED) is 0.0432. The number of nitro groups is 2. The zero-order chi connectivity index (χ0) is 45.4. The lowest BCUT2D eigenvalue weighted by Gasteiger charge is -2.35. The zero-order valence-electron chi connectivity index (χ0n) is 34.9. The van der Waals surface area contributed by atoms with Gasteiger partial charge in [0.2, 0.25) is 5.91 Å². The average Bonchev–Trinajstić information content (AvgIpc) is 3.67. The Balaban J connectivity index is 1.04.